The van der Waals surface area contributed by atoms with Gasteiger partial charge in [0.2, 0.25) is 5.91 Å². The second-order valence-electron chi connectivity index (χ2n) is 10.4. The van der Waals surface area contributed by atoms with E-state index < -0.39 is 17.7 Å². The monoisotopic (exact) mass is 547 g/mol. The fourth-order valence-electron chi connectivity index (χ4n) is 5.51. The van der Waals surface area contributed by atoms with Gasteiger partial charge in [0.05, 0.1) is 12.6 Å². The molecule has 6 nitrogen and oxygen atoms in total. The van der Waals surface area contributed by atoms with Crippen molar-refractivity contribution in [3.05, 3.63) is 83.4 Å². The Morgan fingerprint density at radius 3 is 2.52 bits per heavy atom. The Kier molecular flexibility index (Phi) is 8.75. The van der Waals surface area contributed by atoms with E-state index in [1.165, 1.54) is 22.7 Å². The number of anilines is 1. The lowest BCUT2D eigenvalue weighted by Gasteiger charge is -2.35. The largest absolute Gasteiger partial charge is 0.493 e. The summed E-state index contributed by atoms with van der Waals surface area (Å²) in [6.07, 6.45) is 4.29. The summed E-state index contributed by atoms with van der Waals surface area (Å²) in [6.45, 7) is 4.84. The van der Waals surface area contributed by atoms with Crippen molar-refractivity contribution in [3.8, 4) is 16.9 Å². The number of rotatable bonds is 9. The van der Waals surface area contributed by atoms with Crippen molar-refractivity contribution in [1.29, 1.82) is 0 Å². The molecule has 0 N–H and O–H groups in total. The summed E-state index contributed by atoms with van der Waals surface area (Å²) in [7, 11) is 1.69. The summed E-state index contributed by atoms with van der Waals surface area (Å²) in [5, 5.41) is 5.70. The molecule has 0 aliphatic carbocycles. The number of benzene rings is 3. The maximum absolute atomic E-state index is 13.8. The number of halogens is 2. The average Bonchev–Trinajstić information content (AvgIpc) is 3.46. The quantitative estimate of drug-likeness (QED) is 0.286. The van der Waals surface area contributed by atoms with Crippen LogP contribution in [0.4, 0.5) is 14.5 Å². The summed E-state index contributed by atoms with van der Waals surface area (Å²) in [4.78, 5) is 15.7. The van der Waals surface area contributed by atoms with Crippen LogP contribution < -0.4 is 9.64 Å². The minimum atomic E-state index is -0.652. The van der Waals surface area contributed by atoms with Gasteiger partial charge in [-0.15, -0.1) is 0 Å². The zero-order valence-corrected chi connectivity index (χ0v) is 23.0. The molecule has 2 aliphatic rings. The lowest BCUT2D eigenvalue weighted by Crippen LogP contribution is -2.41. The SMILES string of the molecule is COCCCOc1ccc(C)c(-c2cccc(N3CCC(C(=O)N4N=CCC4c4cc(F)cc(F)c4)CC3)c2)c1. The van der Waals surface area contributed by atoms with E-state index in [-0.39, 0.29) is 11.8 Å². The number of nitrogens with zero attached hydrogens (tertiary/aromatic N) is 3. The molecule has 3 aromatic carbocycles. The normalized spacial score (nSPS) is 17.4. The van der Waals surface area contributed by atoms with E-state index in [4.69, 9.17) is 9.47 Å². The first-order chi connectivity index (χ1) is 19.4. The van der Waals surface area contributed by atoms with Crippen molar-refractivity contribution in [3.63, 3.8) is 0 Å². The Bertz CT molecular complexity index is 1350. The lowest BCUT2D eigenvalue weighted by atomic mass is 9.93. The first-order valence-electron chi connectivity index (χ1n) is 13.8. The number of aryl methyl sites for hydroxylation is 1. The van der Waals surface area contributed by atoms with Crippen LogP contribution in [-0.4, -0.2) is 50.5 Å². The van der Waals surface area contributed by atoms with Gasteiger partial charge in [-0.2, -0.15) is 5.10 Å². The molecule has 0 aromatic heterocycles. The van der Waals surface area contributed by atoms with Crippen LogP contribution >= 0.6 is 0 Å². The molecular weight excluding hydrogens is 512 g/mol. The number of hydrogen-bond donors (Lipinski definition) is 0. The van der Waals surface area contributed by atoms with Gasteiger partial charge >= 0.3 is 0 Å². The van der Waals surface area contributed by atoms with Crippen LogP contribution in [-0.2, 0) is 9.53 Å². The minimum absolute atomic E-state index is 0.0882. The van der Waals surface area contributed by atoms with Crippen LogP contribution in [0.2, 0.25) is 0 Å². The Labute approximate surface area is 234 Å². The van der Waals surface area contributed by atoms with Crippen LogP contribution in [0.15, 0.2) is 65.8 Å². The number of methoxy groups -OCH3 is 1. The molecule has 0 bridgehead atoms. The molecule has 40 heavy (non-hydrogen) atoms. The van der Waals surface area contributed by atoms with Gasteiger partial charge in [0.25, 0.3) is 0 Å². The van der Waals surface area contributed by atoms with Gasteiger partial charge in [0.15, 0.2) is 0 Å². The summed E-state index contributed by atoms with van der Waals surface area (Å²) < 4.78 is 38.7. The van der Waals surface area contributed by atoms with E-state index in [1.807, 2.05) is 6.07 Å². The van der Waals surface area contributed by atoms with Gasteiger partial charge < -0.3 is 14.4 Å². The molecular formula is C32H35F2N3O3. The van der Waals surface area contributed by atoms with Gasteiger partial charge in [-0.1, -0.05) is 18.2 Å². The Morgan fingerprint density at radius 2 is 1.77 bits per heavy atom. The van der Waals surface area contributed by atoms with Crippen molar-refractivity contribution in [1.82, 2.24) is 5.01 Å². The lowest BCUT2D eigenvalue weighted by molar-refractivity contribution is -0.138. The fraction of sp³-hybridized carbons (Fsp3) is 0.375. The van der Waals surface area contributed by atoms with Crippen LogP contribution in [0.25, 0.3) is 11.1 Å². The smallest absolute Gasteiger partial charge is 0.246 e. The molecule has 210 valence electrons. The van der Waals surface area contributed by atoms with Crippen molar-refractivity contribution in [2.45, 2.75) is 38.6 Å². The zero-order valence-electron chi connectivity index (χ0n) is 23.0. The Balaban J connectivity index is 1.23. The third kappa shape index (κ3) is 6.33. The number of hydrogen-bond acceptors (Lipinski definition) is 5. The molecule has 8 heteroatoms. The zero-order chi connectivity index (χ0) is 28.1. The van der Waals surface area contributed by atoms with Crippen molar-refractivity contribution in [2.75, 3.05) is 38.3 Å². The molecule has 1 unspecified atom stereocenters. The molecule has 2 heterocycles. The standard InChI is InChI=1S/C32H35F2N3O3/c1-22-7-8-29(40-16-4-15-39-2)21-30(22)24-5-3-6-28(19-24)36-13-10-23(11-14-36)32(38)37-31(9-12-35-37)25-17-26(33)20-27(34)18-25/h3,5-8,12,17-21,23,31H,4,9-11,13-16H2,1-2H3. The second kappa shape index (κ2) is 12.6. The number of hydrazone groups is 1. The highest BCUT2D eigenvalue weighted by molar-refractivity contribution is 5.82. The maximum Gasteiger partial charge on any atom is 0.246 e. The second-order valence-corrected chi connectivity index (χ2v) is 10.4. The molecule has 0 spiro atoms. The molecule has 5 rings (SSSR count). The van der Waals surface area contributed by atoms with E-state index in [9.17, 15) is 13.6 Å². The molecule has 1 fully saturated rings. The summed E-state index contributed by atoms with van der Waals surface area (Å²) in [6, 6.07) is 17.6. The van der Waals surface area contributed by atoms with E-state index in [0.29, 0.717) is 38.0 Å². The van der Waals surface area contributed by atoms with Gasteiger partial charge in [0, 0.05) is 63.5 Å². The van der Waals surface area contributed by atoms with Gasteiger partial charge in [-0.05, 0) is 78.4 Å². The van der Waals surface area contributed by atoms with E-state index in [2.05, 4.69) is 53.3 Å². The number of ether oxygens (including phenoxy) is 2. The van der Waals surface area contributed by atoms with Crippen LogP contribution in [0.3, 0.4) is 0 Å². The van der Waals surface area contributed by atoms with Crippen LogP contribution in [0.5, 0.6) is 5.75 Å². The van der Waals surface area contributed by atoms with E-state index >= 15 is 0 Å². The molecule has 1 atom stereocenters. The number of carbonyl (C=O) groups is 1. The Morgan fingerprint density at radius 1 is 1.00 bits per heavy atom. The van der Waals surface area contributed by atoms with Gasteiger partial charge in [-0.3, -0.25) is 4.79 Å². The third-order valence-corrected chi connectivity index (χ3v) is 7.66. The number of amides is 1. The molecule has 0 saturated carbocycles. The van der Waals surface area contributed by atoms with E-state index in [0.717, 1.165) is 48.1 Å². The first-order valence-corrected chi connectivity index (χ1v) is 13.8. The van der Waals surface area contributed by atoms with Crippen LogP contribution in [0, 0.1) is 24.5 Å². The highest BCUT2D eigenvalue weighted by atomic mass is 19.1. The van der Waals surface area contributed by atoms with Gasteiger partial charge in [0.1, 0.15) is 17.4 Å². The van der Waals surface area contributed by atoms with E-state index in [1.54, 1.807) is 13.3 Å². The van der Waals surface area contributed by atoms with Crippen LogP contribution in [0.1, 0.15) is 42.9 Å². The summed E-state index contributed by atoms with van der Waals surface area (Å²) in [5.74, 6) is -0.743. The molecule has 1 saturated heterocycles. The third-order valence-electron chi connectivity index (χ3n) is 7.66. The van der Waals surface area contributed by atoms with Crippen molar-refractivity contribution in [2.24, 2.45) is 11.0 Å². The molecule has 2 aliphatic heterocycles. The van der Waals surface area contributed by atoms with Crippen molar-refractivity contribution >= 4 is 17.8 Å². The number of piperidine rings is 1. The summed E-state index contributed by atoms with van der Waals surface area (Å²) in [5.41, 5.74) is 4.96. The average molecular weight is 548 g/mol. The highest BCUT2D eigenvalue weighted by Gasteiger charge is 2.35. The van der Waals surface area contributed by atoms with Crippen molar-refractivity contribution < 1.29 is 23.0 Å². The predicted octanol–water partition coefficient (Wildman–Crippen LogP) is 6.53. The Hall–Kier alpha value is -3.78. The first kappa shape index (κ1) is 27.8. The molecule has 1 amide bonds. The fourth-order valence-corrected chi connectivity index (χ4v) is 5.51. The molecule has 0 radical (unpaired) electrons. The minimum Gasteiger partial charge on any atom is -0.493 e. The summed E-state index contributed by atoms with van der Waals surface area (Å²) >= 11 is 0. The predicted molar refractivity (Wildman–Crippen MR) is 153 cm³/mol. The topological polar surface area (TPSA) is 54.4 Å². The maximum atomic E-state index is 13.8. The van der Waals surface area contributed by atoms with Gasteiger partial charge in [-0.25, -0.2) is 13.8 Å². The number of carbonyl (C=O) groups excluding carboxylic acids is 1. The highest BCUT2D eigenvalue weighted by Crippen LogP contribution is 2.35. The molecule has 3 aromatic rings.